The molecule has 0 aliphatic carbocycles. The molecule has 1 aromatic heterocycles. The zero-order chi connectivity index (χ0) is 16.8. The lowest BCUT2D eigenvalue weighted by atomic mass is 10.2. The summed E-state index contributed by atoms with van der Waals surface area (Å²) in [6.07, 6.45) is 1.31. The van der Waals surface area contributed by atoms with E-state index in [2.05, 4.69) is 4.98 Å². The van der Waals surface area contributed by atoms with Crippen LogP contribution in [0.4, 0.5) is 5.69 Å². The van der Waals surface area contributed by atoms with Gasteiger partial charge in [-0.15, -0.1) is 12.4 Å². The van der Waals surface area contributed by atoms with E-state index in [1.54, 1.807) is 0 Å². The lowest BCUT2D eigenvalue weighted by molar-refractivity contribution is -0.137. The third-order valence-electron chi connectivity index (χ3n) is 3.85. The number of benzene rings is 1. The second-order valence-corrected chi connectivity index (χ2v) is 5.44. The molecule has 0 saturated carbocycles. The first-order chi connectivity index (χ1) is 11.1. The van der Waals surface area contributed by atoms with E-state index in [-0.39, 0.29) is 32.0 Å². The summed E-state index contributed by atoms with van der Waals surface area (Å²) < 4.78 is 1.98. The molecule has 0 spiro atoms. The molecule has 0 bridgehead atoms. The fourth-order valence-corrected chi connectivity index (χ4v) is 2.67. The number of hydrogen-bond donors (Lipinski definition) is 3. The number of hydrogen-bond acceptors (Lipinski definition) is 5. The quantitative estimate of drug-likeness (QED) is 0.623. The Labute approximate surface area is 146 Å². The number of aromatic nitrogens is 2. The maximum atomic E-state index is 10.6. The number of aliphatic hydroxyl groups is 2. The molecule has 0 aliphatic rings. The molecule has 2 aromatic rings. The van der Waals surface area contributed by atoms with Crippen LogP contribution >= 0.6 is 12.4 Å². The molecule has 24 heavy (non-hydrogen) atoms. The van der Waals surface area contributed by atoms with Crippen LogP contribution in [0.1, 0.15) is 18.7 Å². The largest absolute Gasteiger partial charge is 0.481 e. The molecule has 0 fully saturated rings. The normalized spacial score (nSPS) is 10.6. The Morgan fingerprint density at radius 3 is 2.50 bits per heavy atom. The van der Waals surface area contributed by atoms with Crippen molar-refractivity contribution in [2.45, 2.75) is 19.3 Å². The van der Waals surface area contributed by atoms with Gasteiger partial charge in [-0.25, -0.2) is 4.98 Å². The van der Waals surface area contributed by atoms with Gasteiger partial charge in [0.15, 0.2) is 0 Å². The van der Waals surface area contributed by atoms with E-state index < -0.39 is 5.97 Å². The van der Waals surface area contributed by atoms with Gasteiger partial charge < -0.3 is 24.8 Å². The van der Waals surface area contributed by atoms with Gasteiger partial charge >= 0.3 is 5.97 Å². The molecule has 0 saturated heterocycles. The maximum Gasteiger partial charge on any atom is 0.303 e. The second kappa shape index (κ2) is 9.46. The fourth-order valence-electron chi connectivity index (χ4n) is 2.67. The Morgan fingerprint density at radius 1 is 1.25 bits per heavy atom. The number of nitrogens with zero attached hydrogens (tertiary/aromatic N) is 3. The minimum atomic E-state index is -0.797. The van der Waals surface area contributed by atoms with Crippen LogP contribution in [0.25, 0.3) is 11.0 Å². The minimum Gasteiger partial charge on any atom is -0.481 e. The first kappa shape index (κ1) is 20.2. The summed E-state index contributed by atoms with van der Waals surface area (Å²) in [6, 6.07) is 5.83. The van der Waals surface area contributed by atoms with Gasteiger partial charge in [-0.1, -0.05) is 0 Å². The average molecular weight is 358 g/mol. The lowest BCUT2D eigenvalue weighted by Gasteiger charge is -2.22. The number of carboxylic acid groups (broad SMARTS) is 1. The van der Waals surface area contributed by atoms with Crippen LogP contribution in [0, 0.1) is 0 Å². The molecular formula is C16H24ClN3O4. The molecular weight excluding hydrogens is 334 g/mol. The highest BCUT2D eigenvalue weighted by atomic mass is 35.5. The summed E-state index contributed by atoms with van der Waals surface area (Å²) >= 11 is 0. The smallest absolute Gasteiger partial charge is 0.303 e. The van der Waals surface area contributed by atoms with Crippen LogP contribution < -0.4 is 4.90 Å². The van der Waals surface area contributed by atoms with Crippen molar-refractivity contribution >= 4 is 35.1 Å². The Kier molecular flexibility index (Phi) is 7.97. The number of anilines is 1. The predicted molar refractivity (Wildman–Crippen MR) is 94.9 cm³/mol. The number of halogens is 1. The molecule has 8 heteroatoms. The molecule has 0 unspecified atom stereocenters. The molecule has 134 valence electrons. The molecule has 2 rings (SSSR count). The summed E-state index contributed by atoms with van der Waals surface area (Å²) in [5.74, 6) is 0.0592. The van der Waals surface area contributed by atoms with E-state index in [1.807, 2.05) is 34.7 Å². The van der Waals surface area contributed by atoms with Crippen molar-refractivity contribution in [3.8, 4) is 0 Å². The zero-order valence-electron chi connectivity index (χ0n) is 13.7. The summed E-state index contributed by atoms with van der Waals surface area (Å²) in [5.41, 5.74) is 2.71. The number of aryl methyl sites for hydroxylation is 2. The van der Waals surface area contributed by atoms with E-state index >= 15 is 0 Å². The highest BCUT2D eigenvalue weighted by Crippen LogP contribution is 2.23. The first-order valence-electron chi connectivity index (χ1n) is 7.70. The molecule has 1 heterocycles. The van der Waals surface area contributed by atoms with Gasteiger partial charge in [-0.3, -0.25) is 4.79 Å². The van der Waals surface area contributed by atoms with Crippen molar-refractivity contribution in [1.82, 2.24) is 9.55 Å². The van der Waals surface area contributed by atoms with E-state index in [1.165, 1.54) is 0 Å². The minimum absolute atomic E-state index is 0. The van der Waals surface area contributed by atoms with E-state index in [9.17, 15) is 4.79 Å². The van der Waals surface area contributed by atoms with Gasteiger partial charge in [-0.05, 0) is 24.6 Å². The number of carboxylic acids is 1. The third-order valence-corrected chi connectivity index (χ3v) is 3.85. The van der Waals surface area contributed by atoms with Crippen molar-refractivity contribution in [3.05, 3.63) is 24.0 Å². The van der Waals surface area contributed by atoms with Gasteiger partial charge in [0, 0.05) is 38.7 Å². The van der Waals surface area contributed by atoms with Gasteiger partial charge in [0.05, 0.1) is 24.2 Å². The van der Waals surface area contributed by atoms with Gasteiger partial charge in [0.25, 0.3) is 0 Å². The lowest BCUT2D eigenvalue weighted by Crippen LogP contribution is -2.29. The molecule has 3 N–H and O–H groups in total. The monoisotopic (exact) mass is 357 g/mol. The van der Waals surface area contributed by atoms with Crippen molar-refractivity contribution < 1.29 is 20.1 Å². The molecule has 0 amide bonds. The molecule has 0 atom stereocenters. The van der Waals surface area contributed by atoms with E-state index in [4.69, 9.17) is 15.3 Å². The summed E-state index contributed by atoms with van der Waals surface area (Å²) in [7, 11) is 1.92. The van der Waals surface area contributed by atoms with Crippen LogP contribution in [0.3, 0.4) is 0 Å². The Bertz CT molecular complexity index is 669. The number of aliphatic carboxylic acids is 1. The van der Waals surface area contributed by atoms with Gasteiger partial charge in [0.2, 0.25) is 0 Å². The standard InChI is InChI=1S/C16H23N3O4.ClH/c1-18-14-6-5-12(19(7-9-20)8-10-21)11-13(14)17-15(18)3-2-4-16(22)23;/h5-6,11,20-21H,2-4,7-10H2,1H3,(H,22,23);1H. The first-order valence-corrected chi connectivity index (χ1v) is 7.70. The highest BCUT2D eigenvalue weighted by molar-refractivity contribution is 5.85. The average Bonchev–Trinajstić information content (AvgIpc) is 2.83. The summed E-state index contributed by atoms with van der Waals surface area (Å²) in [6.45, 7) is 0.927. The second-order valence-electron chi connectivity index (χ2n) is 5.44. The van der Waals surface area contributed by atoms with Crippen LogP contribution in [0.5, 0.6) is 0 Å². The van der Waals surface area contributed by atoms with Crippen LogP contribution in [-0.4, -0.2) is 57.1 Å². The topological polar surface area (TPSA) is 98.8 Å². The number of fused-ring (bicyclic) bond motifs is 1. The van der Waals surface area contributed by atoms with Crippen LogP contribution in [0.2, 0.25) is 0 Å². The predicted octanol–water partition coefficient (Wildman–Crippen LogP) is 1.19. The number of rotatable bonds is 9. The number of imidazole rings is 1. The van der Waals surface area contributed by atoms with E-state index in [0.29, 0.717) is 25.9 Å². The molecule has 0 radical (unpaired) electrons. The Morgan fingerprint density at radius 2 is 1.92 bits per heavy atom. The van der Waals surface area contributed by atoms with Crippen LogP contribution in [0.15, 0.2) is 18.2 Å². The van der Waals surface area contributed by atoms with Crippen molar-refractivity contribution in [1.29, 1.82) is 0 Å². The summed E-state index contributed by atoms with van der Waals surface area (Å²) in [4.78, 5) is 17.1. The fraction of sp³-hybridized carbons (Fsp3) is 0.500. The third kappa shape index (κ3) is 4.83. The molecule has 1 aromatic carbocycles. The zero-order valence-corrected chi connectivity index (χ0v) is 14.5. The SMILES string of the molecule is Cl.Cn1c(CCCC(=O)O)nc2cc(N(CCO)CCO)ccc21. The van der Waals surface area contributed by atoms with E-state index in [0.717, 1.165) is 22.5 Å². The number of carbonyl (C=O) groups is 1. The van der Waals surface area contributed by atoms with Crippen LogP contribution in [-0.2, 0) is 18.3 Å². The number of aliphatic hydroxyl groups excluding tert-OH is 2. The maximum absolute atomic E-state index is 10.6. The van der Waals surface area contributed by atoms with Crippen molar-refractivity contribution in [2.24, 2.45) is 7.05 Å². The Balaban J connectivity index is 0.00000288. The highest BCUT2D eigenvalue weighted by Gasteiger charge is 2.11. The van der Waals surface area contributed by atoms with Crippen molar-refractivity contribution in [3.63, 3.8) is 0 Å². The summed E-state index contributed by atoms with van der Waals surface area (Å²) in [5, 5.41) is 27.0. The molecule has 0 aliphatic heterocycles. The van der Waals surface area contributed by atoms with Crippen molar-refractivity contribution in [2.75, 3.05) is 31.2 Å². The van der Waals surface area contributed by atoms with Gasteiger partial charge in [0.1, 0.15) is 5.82 Å². The van der Waals surface area contributed by atoms with Gasteiger partial charge in [-0.2, -0.15) is 0 Å². The Hall–Kier alpha value is -1.83. The molecule has 7 nitrogen and oxygen atoms in total.